The summed E-state index contributed by atoms with van der Waals surface area (Å²) in [6.45, 7) is 3.56. The number of carbonyl (C=O) groups is 3. The van der Waals surface area contributed by atoms with Crippen LogP contribution in [0.5, 0.6) is 0 Å². The standard InChI is InChI=1S/C18H26N2O4/c1-5-13(2)17(14-9-7-6-8-10-14)18(23)24-12-16(22)20(4)11-15(21)19-3/h6-10,13,17H,5,11-12H2,1-4H3,(H,19,21)/t13-,17-/m1/s1. The SMILES string of the molecule is CC[C@@H](C)[C@@H](C(=O)OCC(=O)N(C)CC(=O)NC)c1ccccc1. The van der Waals surface area contributed by atoms with Gasteiger partial charge in [0.2, 0.25) is 5.91 Å². The maximum absolute atomic E-state index is 12.5. The lowest BCUT2D eigenvalue weighted by Crippen LogP contribution is -2.39. The second kappa shape index (κ2) is 9.70. The average molecular weight is 334 g/mol. The summed E-state index contributed by atoms with van der Waals surface area (Å²) >= 11 is 0. The van der Waals surface area contributed by atoms with Gasteiger partial charge < -0.3 is 15.0 Å². The van der Waals surface area contributed by atoms with Gasteiger partial charge in [0.1, 0.15) is 0 Å². The molecule has 0 saturated carbocycles. The molecule has 6 nitrogen and oxygen atoms in total. The normalized spacial score (nSPS) is 12.8. The zero-order chi connectivity index (χ0) is 18.1. The van der Waals surface area contributed by atoms with E-state index in [-0.39, 0.29) is 25.0 Å². The molecule has 0 spiro atoms. The first-order chi connectivity index (χ1) is 11.4. The average Bonchev–Trinajstić information content (AvgIpc) is 2.60. The van der Waals surface area contributed by atoms with Crippen LogP contribution in [0.4, 0.5) is 0 Å². The van der Waals surface area contributed by atoms with Crippen LogP contribution in [0, 0.1) is 5.92 Å². The van der Waals surface area contributed by atoms with E-state index in [2.05, 4.69) is 5.32 Å². The molecule has 132 valence electrons. The highest BCUT2D eigenvalue weighted by Gasteiger charge is 2.28. The van der Waals surface area contributed by atoms with Crippen LogP contribution >= 0.6 is 0 Å². The van der Waals surface area contributed by atoms with Crippen molar-refractivity contribution in [3.05, 3.63) is 35.9 Å². The lowest BCUT2D eigenvalue weighted by molar-refractivity contribution is -0.154. The van der Waals surface area contributed by atoms with Gasteiger partial charge in [-0.05, 0) is 11.5 Å². The molecule has 0 aromatic heterocycles. The molecule has 1 aromatic carbocycles. The highest BCUT2D eigenvalue weighted by molar-refractivity contribution is 5.87. The third-order valence-corrected chi connectivity index (χ3v) is 4.05. The molecule has 6 heteroatoms. The van der Waals surface area contributed by atoms with Crippen LogP contribution < -0.4 is 5.32 Å². The predicted octanol–water partition coefficient (Wildman–Crippen LogP) is 1.56. The van der Waals surface area contributed by atoms with E-state index in [1.165, 1.54) is 19.0 Å². The molecule has 0 heterocycles. The van der Waals surface area contributed by atoms with Crippen LogP contribution in [0.15, 0.2) is 30.3 Å². The zero-order valence-corrected chi connectivity index (χ0v) is 14.7. The Morgan fingerprint density at radius 3 is 2.38 bits per heavy atom. The summed E-state index contributed by atoms with van der Waals surface area (Å²) in [7, 11) is 2.99. The van der Waals surface area contributed by atoms with E-state index in [1.807, 2.05) is 44.2 Å². The van der Waals surface area contributed by atoms with Gasteiger partial charge in [0.05, 0.1) is 12.5 Å². The molecule has 0 aliphatic carbocycles. The molecule has 0 aliphatic rings. The molecule has 0 unspecified atom stereocenters. The summed E-state index contributed by atoms with van der Waals surface area (Å²) in [6.07, 6.45) is 0.819. The fraction of sp³-hybridized carbons (Fsp3) is 0.500. The van der Waals surface area contributed by atoms with E-state index in [4.69, 9.17) is 4.74 Å². The lowest BCUT2D eigenvalue weighted by atomic mass is 9.86. The highest BCUT2D eigenvalue weighted by atomic mass is 16.5. The second-order valence-corrected chi connectivity index (χ2v) is 5.80. The summed E-state index contributed by atoms with van der Waals surface area (Å²) in [5.41, 5.74) is 0.878. The van der Waals surface area contributed by atoms with Crippen LogP contribution in [0.25, 0.3) is 0 Å². The maximum Gasteiger partial charge on any atom is 0.314 e. The van der Waals surface area contributed by atoms with Gasteiger partial charge in [0.15, 0.2) is 6.61 Å². The molecule has 0 radical (unpaired) electrons. The van der Waals surface area contributed by atoms with Crippen molar-refractivity contribution in [3.63, 3.8) is 0 Å². The van der Waals surface area contributed by atoms with Crippen LogP contribution in [0.1, 0.15) is 31.7 Å². The van der Waals surface area contributed by atoms with Crippen molar-refractivity contribution in [1.82, 2.24) is 10.2 Å². The number of esters is 1. The van der Waals surface area contributed by atoms with Gasteiger partial charge in [0, 0.05) is 14.1 Å². The van der Waals surface area contributed by atoms with E-state index in [0.717, 1.165) is 12.0 Å². The number of rotatable bonds is 8. The zero-order valence-electron chi connectivity index (χ0n) is 14.7. The number of hydrogen-bond acceptors (Lipinski definition) is 4. The molecule has 0 fully saturated rings. The molecule has 2 amide bonds. The third kappa shape index (κ3) is 5.68. The van der Waals surface area contributed by atoms with Gasteiger partial charge >= 0.3 is 5.97 Å². The van der Waals surface area contributed by atoms with Crippen molar-refractivity contribution in [3.8, 4) is 0 Å². The van der Waals surface area contributed by atoms with Gasteiger partial charge in [0.25, 0.3) is 5.91 Å². The molecular formula is C18H26N2O4. The molecule has 2 atom stereocenters. The summed E-state index contributed by atoms with van der Waals surface area (Å²) in [5, 5.41) is 2.44. The van der Waals surface area contributed by atoms with Crippen molar-refractivity contribution in [2.75, 3.05) is 27.2 Å². The lowest BCUT2D eigenvalue weighted by Gasteiger charge is -2.22. The van der Waals surface area contributed by atoms with Crippen molar-refractivity contribution < 1.29 is 19.1 Å². The summed E-state index contributed by atoms with van der Waals surface area (Å²) in [5.74, 6) is -1.43. The third-order valence-electron chi connectivity index (χ3n) is 4.05. The second-order valence-electron chi connectivity index (χ2n) is 5.80. The van der Waals surface area contributed by atoms with E-state index < -0.39 is 17.8 Å². The highest BCUT2D eigenvalue weighted by Crippen LogP contribution is 2.28. The van der Waals surface area contributed by atoms with Crippen LogP contribution in [0.3, 0.4) is 0 Å². The van der Waals surface area contributed by atoms with E-state index in [1.54, 1.807) is 0 Å². The van der Waals surface area contributed by atoms with Gasteiger partial charge in [-0.25, -0.2) is 0 Å². The summed E-state index contributed by atoms with van der Waals surface area (Å²) < 4.78 is 5.22. The maximum atomic E-state index is 12.5. The van der Waals surface area contributed by atoms with Crippen LogP contribution in [0.2, 0.25) is 0 Å². The Hall–Kier alpha value is -2.37. The molecule has 1 aromatic rings. The van der Waals surface area contributed by atoms with E-state index in [0.29, 0.717) is 0 Å². The number of nitrogens with zero attached hydrogens (tertiary/aromatic N) is 1. The Balaban J connectivity index is 2.69. The Kier molecular flexibility index (Phi) is 7.95. The van der Waals surface area contributed by atoms with E-state index in [9.17, 15) is 14.4 Å². The Bertz CT molecular complexity index is 559. The number of benzene rings is 1. The van der Waals surface area contributed by atoms with Gasteiger partial charge in [-0.3, -0.25) is 14.4 Å². The monoisotopic (exact) mass is 334 g/mol. The van der Waals surface area contributed by atoms with Crippen molar-refractivity contribution in [2.45, 2.75) is 26.2 Å². The molecule has 0 bridgehead atoms. The Labute approximate surface area is 143 Å². The topological polar surface area (TPSA) is 75.7 Å². The molecule has 1 rings (SSSR count). The van der Waals surface area contributed by atoms with Gasteiger partial charge in [-0.15, -0.1) is 0 Å². The van der Waals surface area contributed by atoms with Crippen LogP contribution in [-0.4, -0.2) is 49.9 Å². The van der Waals surface area contributed by atoms with Crippen molar-refractivity contribution >= 4 is 17.8 Å². The smallest absolute Gasteiger partial charge is 0.314 e. The quantitative estimate of drug-likeness (QED) is 0.732. The molecule has 1 N–H and O–H groups in total. The minimum absolute atomic E-state index is 0.0691. The number of likely N-dealkylation sites (N-methyl/N-ethyl adjacent to an activating group) is 2. The number of carbonyl (C=O) groups excluding carboxylic acids is 3. The molecule has 0 saturated heterocycles. The fourth-order valence-electron chi connectivity index (χ4n) is 2.31. The molecular weight excluding hydrogens is 308 g/mol. The van der Waals surface area contributed by atoms with Gasteiger partial charge in [-0.2, -0.15) is 0 Å². The number of ether oxygens (including phenoxy) is 1. The van der Waals surface area contributed by atoms with E-state index >= 15 is 0 Å². The minimum Gasteiger partial charge on any atom is -0.455 e. The fourth-order valence-corrected chi connectivity index (χ4v) is 2.31. The first-order valence-corrected chi connectivity index (χ1v) is 8.06. The number of amides is 2. The first kappa shape index (κ1) is 19.7. The molecule has 24 heavy (non-hydrogen) atoms. The Morgan fingerprint density at radius 1 is 1.21 bits per heavy atom. The number of nitrogens with one attached hydrogen (secondary N) is 1. The minimum atomic E-state index is -0.419. The van der Waals surface area contributed by atoms with Gasteiger partial charge in [-0.1, -0.05) is 50.6 Å². The van der Waals surface area contributed by atoms with Crippen molar-refractivity contribution in [1.29, 1.82) is 0 Å². The largest absolute Gasteiger partial charge is 0.455 e. The predicted molar refractivity (Wildman–Crippen MR) is 91.3 cm³/mol. The molecule has 0 aliphatic heterocycles. The Morgan fingerprint density at radius 2 is 1.83 bits per heavy atom. The van der Waals surface area contributed by atoms with Crippen LogP contribution in [-0.2, 0) is 19.1 Å². The summed E-state index contributed by atoms with van der Waals surface area (Å²) in [4.78, 5) is 36.9. The summed E-state index contributed by atoms with van der Waals surface area (Å²) in [6, 6.07) is 9.41. The number of hydrogen-bond donors (Lipinski definition) is 1. The van der Waals surface area contributed by atoms with Crippen molar-refractivity contribution in [2.24, 2.45) is 5.92 Å². The first-order valence-electron chi connectivity index (χ1n) is 8.06.